The number of aryl methyl sites for hydroxylation is 2. The molecule has 2 heterocycles. The Morgan fingerprint density at radius 1 is 0.382 bits per heavy atom. The molecule has 0 unspecified atom stereocenters. The quantitative estimate of drug-likeness (QED) is 0.218. The summed E-state index contributed by atoms with van der Waals surface area (Å²) in [4.78, 5) is 0. The van der Waals surface area contributed by atoms with Gasteiger partial charge in [0, 0.05) is 57.7 Å². The fraction of sp³-hybridized carbons (Fsp3) is 0.250. The van der Waals surface area contributed by atoms with Crippen molar-refractivity contribution < 1.29 is 0 Å². The first-order valence-electron chi connectivity index (χ1n) is 12.4. The van der Waals surface area contributed by atoms with Crippen LogP contribution in [0.15, 0.2) is 97.1 Å². The third kappa shape index (κ3) is 5.17. The predicted octanol–water partition coefficient (Wildman–Crippen LogP) is 9.50. The van der Waals surface area contributed by atoms with Crippen LogP contribution in [0.3, 0.4) is 0 Å². The molecule has 2 aromatic heterocycles. The minimum atomic E-state index is 1.25. The second kappa shape index (κ2) is 12.1. The summed E-state index contributed by atoms with van der Waals surface area (Å²) in [6.07, 6.45) is 2.50. The van der Waals surface area contributed by atoms with E-state index in [-0.39, 0.29) is 0 Å². The van der Waals surface area contributed by atoms with Gasteiger partial charge in [0.25, 0.3) is 0 Å². The van der Waals surface area contributed by atoms with Gasteiger partial charge in [0.1, 0.15) is 0 Å². The largest absolute Gasteiger partial charge is 0.344 e. The minimum Gasteiger partial charge on any atom is -0.344 e. The van der Waals surface area contributed by atoms with Crippen molar-refractivity contribution in [2.24, 2.45) is 14.1 Å². The van der Waals surface area contributed by atoms with Gasteiger partial charge in [-0.05, 0) is 24.3 Å². The summed E-state index contributed by atoms with van der Waals surface area (Å²) in [6.45, 7) is 8.50. The molecule has 0 fully saturated rings. The van der Waals surface area contributed by atoms with Crippen LogP contribution in [0.2, 0.25) is 0 Å². The van der Waals surface area contributed by atoms with Crippen LogP contribution < -0.4 is 0 Å². The molecule has 0 saturated heterocycles. The van der Waals surface area contributed by atoms with Crippen molar-refractivity contribution in [1.29, 1.82) is 0 Å². The molecule has 0 radical (unpaired) electrons. The molecule has 6 aromatic rings. The molecular formula is C32H38N2. The zero-order chi connectivity index (χ0) is 24.5. The molecule has 0 aliphatic carbocycles. The predicted molar refractivity (Wildman–Crippen MR) is 153 cm³/mol. The Balaban J connectivity index is 0.000000156. The highest BCUT2D eigenvalue weighted by Gasteiger charge is 2.06. The summed E-state index contributed by atoms with van der Waals surface area (Å²) < 4.78 is 4.48. The fourth-order valence-corrected chi connectivity index (χ4v) is 4.24. The molecule has 0 amide bonds. The van der Waals surface area contributed by atoms with Gasteiger partial charge in [0.15, 0.2) is 0 Å². The molecule has 0 spiro atoms. The Morgan fingerprint density at radius 2 is 0.559 bits per heavy atom. The van der Waals surface area contributed by atoms with Gasteiger partial charge >= 0.3 is 0 Å². The molecule has 34 heavy (non-hydrogen) atoms. The Kier molecular flexibility index (Phi) is 8.93. The van der Waals surface area contributed by atoms with Crippen LogP contribution in [0.5, 0.6) is 0 Å². The van der Waals surface area contributed by atoms with Gasteiger partial charge in [-0.3, -0.25) is 0 Å². The van der Waals surface area contributed by atoms with E-state index < -0.39 is 0 Å². The van der Waals surface area contributed by atoms with Gasteiger partial charge in [0.2, 0.25) is 0 Å². The maximum absolute atomic E-state index is 2.24. The highest BCUT2D eigenvalue weighted by molar-refractivity contribution is 6.08. The first-order valence-corrected chi connectivity index (χ1v) is 12.4. The van der Waals surface area contributed by atoms with E-state index in [0.717, 1.165) is 0 Å². The number of hydrogen-bond donors (Lipinski definition) is 0. The lowest BCUT2D eigenvalue weighted by molar-refractivity contribution is 1.01. The van der Waals surface area contributed by atoms with Crippen molar-refractivity contribution in [3.63, 3.8) is 0 Å². The summed E-state index contributed by atoms with van der Waals surface area (Å²) in [5.74, 6) is 0. The second-order valence-electron chi connectivity index (χ2n) is 8.60. The summed E-state index contributed by atoms with van der Waals surface area (Å²) in [6, 6.07) is 34.1. The zero-order valence-electron chi connectivity index (χ0n) is 21.5. The molecule has 6 rings (SSSR count). The lowest BCUT2D eigenvalue weighted by Gasteiger charge is -1.95. The highest BCUT2D eigenvalue weighted by atomic mass is 14.9. The summed E-state index contributed by atoms with van der Waals surface area (Å²) in [5, 5.41) is 5.35. The Hall–Kier alpha value is -3.52. The van der Waals surface area contributed by atoms with Crippen LogP contribution in [-0.2, 0) is 14.1 Å². The smallest absolute Gasteiger partial charge is 0.0488 e. The van der Waals surface area contributed by atoms with E-state index in [1.807, 2.05) is 0 Å². The second-order valence-corrected chi connectivity index (χ2v) is 8.60. The number of fused-ring (bicyclic) bond motifs is 6. The molecular weight excluding hydrogens is 412 g/mol. The first kappa shape index (κ1) is 25.1. The van der Waals surface area contributed by atoms with Crippen molar-refractivity contribution in [2.45, 2.75) is 40.5 Å². The first-order chi connectivity index (χ1) is 16.6. The van der Waals surface area contributed by atoms with Crippen LogP contribution in [0.1, 0.15) is 40.5 Å². The molecule has 0 N–H and O–H groups in total. The van der Waals surface area contributed by atoms with Gasteiger partial charge in [0.05, 0.1) is 0 Å². The SMILES string of the molecule is CCC.CCC.Cn1c2ccccc2c2ccccc21.Cn1c2ccccc2c2ccccc21. The van der Waals surface area contributed by atoms with Crippen molar-refractivity contribution >= 4 is 43.6 Å². The molecule has 0 bridgehead atoms. The highest BCUT2D eigenvalue weighted by Crippen LogP contribution is 2.28. The van der Waals surface area contributed by atoms with E-state index in [2.05, 4.69) is 148 Å². The standard InChI is InChI=1S/2C13H11N.2C3H8/c2*1-14-12-8-4-2-6-10(12)11-7-3-5-9-13(11)14;2*1-3-2/h2*2-9H,1H3;2*3H2,1-2H3. The number of nitrogens with zero attached hydrogens (tertiary/aromatic N) is 2. The minimum absolute atomic E-state index is 1.25. The van der Waals surface area contributed by atoms with Crippen molar-refractivity contribution in [2.75, 3.05) is 0 Å². The molecule has 0 saturated carbocycles. The summed E-state index contributed by atoms with van der Waals surface area (Å²) in [7, 11) is 4.23. The van der Waals surface area contributed by atoms with Gasteiger partial charge < -0.3 is 9.13 Å². The summed E-state index contributed by atoms with van der Waals surface area (Å²) >= 11 is 0. The number of aromatic nitrogens is 2. The lowest BCUT2D eigenvalue weighted by atomic mass is 10.2. The van der Waals surface area contributed by atoms with Gasteiger partial charge in [-0.1, -0.05) is 113 Å². The maximum Gasteiger partial charge on any atom is 0.0488 e. The van der Waals surface area contributed by atoms with Crippen LogP contribution in [0, 0.1) is 0 Å². The summed E-state index contributed by atoms with van der Waals surface area (Å²) in [5.41, 5.74) is 5.20. The van der Waals surface area contributed by atoms with E-state index in [9.17, 15) is 0 Å². The number of para-hydroxylation sites is 4. The average molecular weight is 451 g/mol. The van der Waals surface area contributed by atoms with E-state index >= 15 is 0 Å². The third-order valence-corrected chi connectivity index (χ3v) is 5.64. The van der Waals surface area contributed by atoms with Crippen LogP contribution in [0.4, 0.5) is 0 Å². The Labute approximate surface area is 204 Å². The monoisotopic (exact) mass is 450 g/mol. The molecule has 0 atom stereocenters. The van der Waals surface area contributed by atoms with E-state index in [1.165, 1.54) is 56.5 Å². The van der Waals surface area contributed by atoms with Crippen molar-refractivity contribution in [1.82, 2.24) is 9.13 Å². The zero-order valence-corrected chi connectivity index (χ0v) is 21.5. The topological polar surface area (TPSA) is 9.86 Å². The van der Waals surface area contributed by atoms with Crippen LogP contribution >= 0.6 is 0 Å². The van der Waals surface area contributed by atoms with E-state index in [0.29, 0.717) is 0 Å². The van der Waals surface area contributed by atoms with Gasteiger partial charge in [-0.15, -0.1) is 0 Å². The van der Waals surface area contributed by atoms with E-state index in [1.54, 1.807) is 0 Å². The van der Waals surface area contributed by atoms with Crippen LogP contribution in [0.25, 0.3) is 43.6 Å². The molecule has 4 aromatic carbocycles. The Morgan fingerprint density at radius 3 is 0.765 bits per heavy atom. The molecule has 0 aliphatic rings. The van der Waals surface area contributed by atoms with E-state index in [4.69, 9.17) is 0 Å². The lowest BCUT2D eigenvalue weighted by Crippen LogP contribution is -1.84. The third-order valence-electron chi connectivity index (χ3n) is 5.64. The molecule has 2 nitrogen and oxygen atoms in total. The van der Waals surface area contributed by atoms with Gasteiger partial charge in [-0.25, -0.2) is 0 Å². The molecule has 2 heteroatoms. The van der Waals surface area contributed by atoms with Crippen LogP contribution in [-0.4, -0.2) is 9.13 Å². The number of hydrogen-bond acceptors (Lipinski definition) is 0. The van der Waals surface area contributed by atoms with Gasteiger partial charge in [-0.2, -0.15) is 0 Å². The molecule has 176 valence electrons. The number of benzene rings is 4. The number of rotatable bonds is 0. The van der Waals surface area contributed by atoms with Crippen molar-refractivity contribution in [3.05, 3.63) is 97.1 Å². The maximum atomic E-state index is 2.24. The molecule has 0 aliphatic heterocycles. The Bertz CT molecular complexity index is 1250. The average Bonchev–Trinajstić information content (AvgIpc) is 3.33. The normalized spacial score (nSPS) is 10.3. The van der Waals surface area contributed by atoms with Crippen molar-refractivity contribution in [3.8, 4) is 0 Å². The fourth-order valence-electron chi connectivity index (χ4n) is 4.24.